The minimum atomic E-state index is 0.0387. The fourth-order valence-electron chi connectivity index (χ4n) is 2.07. The monoisotopic (exact) mass is 285 g/mol. The van der Waals surface area contributed by atoms with E-state index in [-0.39, 0.29) is 5.84 Å². The molecule has 0 aliphatic carbocycles. The first-order chi connectivity index (χ1) is 10.2. The summed E-state index contributed by atoms with van der Waals surface area (Å²) < 4.78 is 5.20. The lowest BCUT2D eigenvalue weighted by Gasteiger charge is -2.10. The van der Waals surface area contributed by atoms with E-state index in [9.17, 15) is 0 Å². The van der Waals surface area contributed by atoms with Gasteiger partial charge in [0.25, 0.3) is 0 Å². The Bertz CT molecular complexity index is 612. The molecule has 0 amide bonds. The van der Waals surface area contributed by atoms with E-state index in [0.29, 0.717) is 17.9 Å². The van der Waals surface area contributed by atoms with Crippen molar-refractivity contribution in [1.29, 1.82) is 0 Å². The summed E-state index contributed by atoms with van der Waals surface area (Å²) in [6, 6.07) is 15.8. The third-order valence-corrected chi connectivity index (χ3v) is 3.15. The van der Waals surface area contributed by atoms with Crippen LogP contribution in [0.25, 0.3) is 0 Å². The molecule has 2 aromatic carbocycles. The molecular formula is C16H19N3O2. The first-order valence-corrected chi connectivity index (χ1v) is 6.64. The first-order valence-electron chi connectivity index (χ1n) is 6.64. The second-order valence-corrected chi connectivity index (χ2v) is 4.61. The van der Waals surface area contributed by atoms with Gasteiger partial charge in [-0.15, -0.1) is 0 Å². The fourth-order valence-corrected chi connectivity index (χ4v) is 2.07. The first kappa shape index (κ1) is 14.9. The number of rotatable bonds is 6. The number of hydrogen-bond acceptors (Lipinski definition) is 4. The van der Waals surface area contributed by atoms with Gasteiger partial charge in [-0.1, -0.05) is 41.6 Å². The Morgan fingerprint density at radius 1 is 1.14 bits per heavy atom. The Hall–Kier alpha value is -2.53. The van der Waals surface area contributed by atoms with Gasteiger partial charge in [-0.05, 0) is 23.3 Å². The summed E-state index contributed by atoms with van der Waals surface area (Å²) >= 11 is 0. The summed E-state index contributed by atoms with van der Waals surface area (Å²) in [5.41, 5.74) is 8.50. The van der Waals surface area contributed by atoms with E-state index >= 15 is 0 Å². The number of hydrogen-bond donors (Lipinski definition) is 3. The van der Waals surface area contributed by atoms with Crippen molar-refractivity contribution in [1.82, 2.24) is 5.32 Å². The largest absolute Gasteiger partial charge is 0.496 e. The van der Waals surface area contributed by atoms with Crippen LogP contribution in [0, 0.1) is 0 Å². The minimum absolute atomic E-state index is 0.0387. The van der Waals surface area contributed by atoms with Gasteiger partial charge in [-0.2, -0.15) is 0 Å². The molecule has 0 heterocycles. The van der Waals surface area contributed by atoms with Crippen LogP contribution in [-0.4, -0.2) is 18.2 Å². The topological polar surface area (TPSA) is 79.9 Å². The second-order valence-electron chi connectivity index (χ2n) is 4.61. The SMILES string of the molecule is COc1ccc(CNCc2ccccc2)cc1C(N)=NO. The van der Waals surface area contributed by atoms with E-state index in [2.05, 4.69) is 22.6 Å². The Kier molecular flexibility index (Phi) is 5.17. The van der Waals surface area contributed by atoms with Crippen LogP contribution in [0.4, 0.5) is 0 Å². The van der Waals surface area contributed by atoms with Gasteiger partial charge in [0.1, 0.15) is 5.75 Å². The third-order valence-electron chi connectivity index (χ3n) is 3.15. The van der Waals surface area contributed by atoms with Crippen molar-refractivity contribution in [2.24, 2.45) is 10.9 Å². The van der Waals surface area contributed by atoms with Crippen molar-refractivity contribution in [3.05, 3.63) is 65.2 Å². The number of ether oxygens (including phenoxy) is 1. The average Bonchev–Trinajstić information content (AvgIpc) is 2.55. The molecule has 0 aliphatic rings. The molecule has 2 rings (SSSR count). The van der Waals surface area contributed by atoms with E-state index in [1.54, 1.807) is 7.11 Å². The lowest BCUT2D eigenvalue weighted by atomic mass is 10.1. The molecule has 0 radical (unpaired) electrons. The standard InChI is InChI=1S/C16H19N3O2/c1-21-15-8-7-13(9-14(15)16(17)19-20)11-18-10-12-5-3-2-4-6-12/h2-9,18,20H,10-11H2,1H3,(H2,17,19). The molecule has 21 heavy (non-hydrogen) atoms. The maximum atomic E-state index is 8.82. The molecule has 0 aromatic heterocycles. The number of methoxy groups -OCH3 is 1. The van der Waals surface area contributed by atoms with Gasteiger partial charge >= 0.3 is 0 Å². The minimum Gasteiger partial charge on any atom is -0.496 e. The van der Waals surface area contributed by atoms with Crippen molar-refractivity contribution in [3.63, 3.8) is 0 Å². The highest BCUT2D eigenvalue weighted by Gasteiger charge is 2.08. The zero-order valence-electron chi connectivity index (χ0n) is 11.9. The van der Waals surface area contributed by atoms with Crippen LogP contribution in [0.15, 0.2) is 53.7 Å². The van der Waals surface area contributed by atoms with Gasteiger partial charge in [0.2, 0.25) is 0 Å². The molecule has 0 bridgehead atoms. The van der Waals surface area contributed by atoms with Crippen molar-refractivity contribution >= 4 is 5.84 Å². The third kappa shape index (κ3) is 3.97. The van der Waals surface area contributed by atoms with Gasteiger partial charge in [-0.25, -0.2) is 0 Å². The van der Waals surface area contributed by atoms with Gasteiger partial charge in [0.15, 0.2) is 5.84 Å². The van der Waals surface area contributed by atoms with E-state index in [0.717, 1.165) is 12.1 Å². The number of nitrogens with zero attached hydrogens (tertiary/aromatic N) is 1. The molecule has 0 spiro atoms. The summed E-state index contributed by atoms with van der Waals surface area (Å²) in [6.45, 7) is 1.47. The lowest BCUT2D eigenvalue weighted by Crippen LogP contribution is -2.16. The quantitative estimate of drug-likeness (QED) is 0.328. The molecule has 2 aromatic rings. The zero-order valence-corrected chi connectivity index (χ0v) is 11.9. The Balaban J connectivity index is 2.04. The van der Waals surface area contributed by atoms with Crippen LogP contribution >= 0.6 is 0 Å². The van der Waals surface area contributed by atoms with Crippen LogP contribution in [0.2, 0.25) is 0 Å². The summed E-state index contributed by atoms with van der Waals surface area (Å²) in [7, 11) is 1.55. The van der Waals surface area contributed by atoms with Gasteiger partial charge in [-0.3, -0.25) is 0 Å². The molecule has 0 unspecified atom stereocenters. The van der Waals surface area contributed by atoms with Gasteiger partial charge in [0, 0.05) is 13.1 Å². The van der Waals surface area contributed by atoms with Crippen molar-refractivity contribution in [3.8, 4) is 5.75 Å². The highest BCUT2D eigenvalue weighted by molar-refractivity contribution is 5.99. The van der Waals surface area contributed by atoms with Crippen LogP contribution in [0.1, 0.15) is 16.7 Å². The van der Waals surface area contributed by atoms with E-state index in [4.69, 9.17) is 15.7 Å². The summed E-state index contributed by atoms with van der Waals surface area (Å²) in [5, 5.41) is 15.2. The predicted molar refractivity (Wildman–Crippen MR) is 82.5 cm³/mol. The molecule has 0 fully saturated rings. The normalized spacial score (nSPS) is 11.4. The molecule has 5 nitrogen and oxygen atoms in total. The fraction of sp³-hybridized carbons (Fsp3) is 0.188. The van der Waals surface area contributed by atoms with Crippen LogP contribution < -0.4 is 15.8 Å². The maximum absolute atomic E-state index is 8.82. The molecule has 0 saturated heterocycles. The lowest BCUT2D eigenvalue weighted by molar-refractivity contribution is 0.318. The van der Waals surface area contributed by atoms with E-state index in [1.165, 1.54) is 5.56 Å². The van der Waals surface area contributed by atoms with Crippen LogP contribution in [-0.2, 0) is 13.1 Å². The Morgan fingerprint density at radius 2 is 1.86 bits per heavy atom. The maximum Gasteiger partial charge on any atom is 0.173 e. The number of amidine groups is 1. The van der Waals surface area contributed by atoms with Crippen molar-refractivity contribution < 1.29 is 9.94 Å². The summed E-state index contributed by atoms with van der Waals surface area (Å²) in [4.78, 5) is 0. The summed E-state index contributed by atoms with van der Waals surface area (Å²) in [6.07, 6.45) is 0. The van der Waals surface area contributed by atoms with Crippen LogP contribution in [0.5, 0.6) is 5.75 Å². The van der Waals surface area contributed by atoms with Gasteiger partial charge < -0.3 is 21.0 Å². The van der Waals surface area contributed by atoms with Crippen LogP contribution in [0.3, 0.4) is 0 Å². The second kappa shape index (κ2) is 7.31. The Labute approximate surface area is 124 Å². The summed E-state index contributed by atoms with van der Waals surface area (Å²) in [5.74, 6) is 0.619. The van der Waals surface area contributed by atoms with E-state index in [1.807, 2.05) is 36.4 Å². The van der Waals surface area contributed by atoms with E-state index < -0.39 is 0 Å². The highest BCUT2D eigenvalue weighted by atomic mass is 16.5. The molecule has 0 atom stereocenters. The molecular weight excluding hydrogens is 266 g/mol. The predicted octanol–water partition coefficient (Wildman–Crippen LogP) is 2.08. The number of benzene rings is 2. The number of nitrogens with one attached hydrogen (secondary N) is 1. The zero-order chi connectivity index (χ0) is 15.1. The molecule has 4 N–H and O–H groups in total. The highest BCUT2D eigenvalue weighted by Crippen LogP contribution is 2.19. The smallest absolute Gasteiger partial charge is 0.173 e. The Morgan fingerprint density at radius 3 is 2.52 bits per heavy atom. The number of oxime groups is 1. The van der Waals surface area contributed by atoms with Crippen molar-refractivity contribution in [2.75, 3.05) is 7.11 Å². The molecule has 0 saturated carbocycles. The molecule has 110 valence electrons. The molecule has 5 heteroatoms. The molecule has 0 aliphatic heterocycles. The average molecular weight is 285 g/mol. The van der Waals surface area contributed by atoms with Gasteiger partial charge in [0.05, 0.1) is 12.7 Å². The number of nitrogens with two attached hydrogens (primary N) is 1. The van der Waals surface area contributed by atoms with Crippen molar-refractivity contribution in [2.45, 2.75) is 13.1 Å².